The molecule has 0 aliphatic heterocycles. The number of carbonyl (C=O) groups is 2. The van der Waals surface area contributed by atoms with E-state index < -0.39 is 11.9 Å². The summed E-state index contributed by atoms with van der Waals surface area (Å²) >= 11 is 0. The molecule has 0 saturated heterocycles. The molecule has 0 radical (unpaired) electrons. The molecule has 6 heteroatoms. The number of benzene rings is 1. The van der Waals surface area contributed by atoms with Crippen molar-refractivity contribution in [2.45, 2.75) is 13.3 Å². The summed E-state index contributed by atoms with van der Waals surface area (Å²) in [4.78, 5) is 21.9. The maximum atomic E-state index is 11.0. The van der Waals surface area contributed by atoms with E-state index in [1.165, 1.54) is 25.3 Å². The third-order valence-electron chi connectivity index (χ3n) is 2.67. The topological polar surface area (TPSA) is 98.9 Å². The highest BCUT2D eigenvalue weighted by atomic mass is 16.5. The van der Waals surface area contributed by atoms with Gasteiger partial charge in [0.25, 0.3) is 0 Å². The van der Waals surface area contributed by atoms with E-state index in [1.54, 1.807) is 13.0 Å². The minimum Gasteiger partial charge on any atom is -0.493 e. The lowest BCUT2D eigenvalue weighted by Gasteiger charge is -2.10. The van der Waals surface area contributed by atoms with Gasteiger partial charge in [-0.2, -0.15) is 0 Å². The molecule has 1 aromatic carbocycles. The highest BCUT2D eigenvalue weighted by Crippen LogP contribution is 2.28. The van der Waals surface area contributed by atoms with Crippen LogP contribution in [0.25, 0.3) is 0 Å². The highest BCUT2D eigenvalue weighted by Gasteiger charge is 2.09. The summed E-state index contributed by atoms with van der Waals surface area (Å²) in [5.41, 5.74) is 5.75. The van der Waals surface area contributed by atoms with Crippen LogP contribution < -0.4 is 15.2 Å². The van der Waals surface area contributed by atoms with Crippen molar-refractivity contribution in [2.75, 3.05) is 13.7 Å². The first kappa shape index (κ1) is 15.6. The largest absolute Gasteiger partial charge is 0.493 e. The third kappa shape index (κ3) is 4.01. The van der Waals surface area contributed by atoms with Crippen molar-refractivity contribution in [1.29, 1.82) is 0 Å². The van der Waals surface area contributed by atoms with Crippen LogP contribution in [0.4, 0.5) is 0 Å². The fourth-order valence-corrected chi connectivity index (χ4v) is 1.56. The van der Waals surface area contributed by atoms with Crippen LogP contribution in [0.2, 0.25) is 0 Å². The Morgan fingerprint density at radius 1 is 1.35 bits per heavy atom. The average Bonchev–Trinajstić information content (AvgIpc) is 2.43. The average molecular weight is 279 g/mol. The molecule has 1 amide bonds. The van der Waals surface area contributed by atoms with Crippen molar-refractivity contribution in [3.05, 3.63) is 35.4 Å². The Bertz CT molecular complexity index is 536. The van der Waals surface area contributed by atoms with E-state index in [4.69, 9.17) is 20.3 Å². The Morgan fingerprint density at radius 2 is 2.05 bits per heavy atom. The lowest BCUT2D eigenvalue weighted by atomic mass is 10.2. The van der Waals surface area contributed by atoms with Crippen LogP contribution in [-0.2, 0) is 4.79 Å². The highest BCUT2D eigenvalue weighted by molar-refractivity contribution is 5.93. The molecule has 6 nitrogen and oxygen atoms in total. The summed E-state index contributed by atoms with van der Waals surface area (Å²) < 4.78 is 10.5. The summed E-state index contributed by atoms with van der Waals surface area (Å²) in [5, 5.41) is 8.87. The summed E-state index contributed by atoms with van der Waals surface area (Å²) in [5.74, 6) is -0.751. The van der Waals surface area contributed by atoms with Crippen molar-refractivity contribution < 1.29 is 24.2 Å². The number of hydrogen-bond acceptors (Lipinski definition) is 4. The van der Waals surface area contributed by atoms with Gasteiger partial charge in [0.1, 0.15) is 6.61 Å². The molecule has 0 aliphatic carbocycles. The number of carbonyl (C=O) groups excluding carboxylic acids is 1. The molecular weight excluding hydrogens is 262 g/mol. The van der Waals surface area contributed by atoms with Gasteiger partial charge in [-0.3, -0.25) is 4.79 Å². The number of ether oxygens (including phenoxy) is 2. The van der Waals surface area contributed by atoms with Crippen LogP contribution >= 0.6 is 0 Å². The lowest BCUT2D eigenvalue weighted by Crippen LogP contribution is -2.11. The Kier molecular flexibility index (Phi) is 5.58. The number of carboxylic acids is 1. The number of amides is 1. The molecule has 20 heavy (non-hydrogen) atoms. The van der Waals surface area contributed by atoms with Gasteiger partial charge in [0, 0.05) is 11.1 Å². The summed E-state index contributed by atoms with van der Waals surface area (Å²) in [6.07, 6.45) is 1.90. The van der Waals surface area contributed by atoms with E-state index in [9.17, 15) is 9.59 Å². The second-order valence-corrected chi connectivity index (χ2v) is 3.93. The summed E-state index contributed by atoms with van der Waals surface area (Å²) in [6, 6.07) is 4.54. The van der Waals surface area contributed by atoms with Crippen molar-refractivity contribution in [3.63, 3.8) is 0 Å². The van der Waals surface area contributed by atoms with Gasteiger partial charge >= 0.3 is 5.97 Å². The van der Waals surface area contributed by atoms with Gasteiger partial charge in [0.05, 0.1) is 7.11 Å². The Hall–Kier alpha value is -2.50. The van der Waals surface area contributed by atoms with Crippen molar-refractivity contribution in [3.8, 4) is 11.5 Å². The fraction of sp³-hybridized carbons (Fsp3) is 0.286. The Labute approximate surface area is 116 Å². The quantitative estimate of drug-likeness (QED) is 0.738. The second kappa shape index (κ2) is 7.18. The molecule has 3 N–H and O–H groups in total. The van der Waals surface area contributed by atoms with E-state index in [0.29, 0.717) is 23.5 Å². The predicted octanol–water partition coefficient (Wildman–Crippen LogP) is 1.59. The van der Waals surface area contributed by atoms with Gasteiger partial charge in [0.15, 0.2) is 11.5 Å². The standard InChI is InChI=1S/C14H17NO5/c1-3-9(14(17)18)6-7-20-11-5-4-10(13(15)16)8-12(11)19-2/h4-6,8H,3,7H2,1-2H3,(H2,15,16)(H,17,18). The number of nitrogens with two attached hydrogens (primary N) is 1. The zero-order valence-electron chi connectivity index (χ0n) is 11.4. The van der Waals surface area contributed by atoms with Gasteiger partial charge in [-0.15, -0.1) is 0 Å². The number of aliphatic carboxylic acids is 1. The first-order valence-electron chi connectivity index (χ1n) is 6.02. The van der Waals surface area contributed by atoms with Gasteiger partial charge in [-0.25, -0.2) is 4.79 Å². The zero-order valence-corrected chi connectivity index (χ0v) is 11.4. The first-order valence-corrected chi connectivity index (χ1v) is 6.02. The molecule has 0 spiro atoms. The smallest absolute Gasteiger partial charge is 0.331 e. The number of carboxylic acid groups (broad SMARTS) is 1. The molecule has 0 aromatic heterocycles. The fourth-order valence-electron chi connectivity index (χ4n) is 1.56. The van der Waals surface area contributed by atoms with Crippen LogP contribution in [0.15, 0.2) is 29.8 Å². The van der Waals surface area contributed by atoms with Crippen molar-refractivity contribution in [1.82, 2.24) is 0 Å². The van der Waals surface area contributed by atoms with Crippen molar-refractivity contribution in [2.24, 2.45) is 5.73 Å². The number of rotatable bonds is 7. The van der Waals surface area contributed by atoms with Gasteiger partial charge < -0.3 is 20.3 Å². The van der Waals surface area contributed by atoms with E-state index in [-0.39, 0.29) is 12.2 Å². The molecule has 108 valence electrons. The molecule has 0 atom stereocenters. The number of primary amides is 1. The Balaban J connectivity index is 2.83. The normalized spacial score (nSPS) is 11.0. The van der Waals surface area contributed by atoms with Crippen molar-refractivity contribution >= 4 is 11.9 Å². The third-order valence-corrected chi connectivity index (χ3v) is 2.67. The summed E-state index contributed by atoms with van der Waals surface area (Å²) in [7, 11) is 1.44. The van der Waals surface area contributed by atoms with Crippen LogP contribution in [-0.4, -0.2) is 30.7 Å². The lowest BCUT2D eigenvalue weighted by molar-refractivity contribution is -0.132. The first-order chi connectivity index (χ1) is 9.49. The van der Waals surface area contributed by atoms with Gasteiger partial charge in [-0.1, -0.05) is 6.92 Å². The van der Waals surface area contributed by atoms with Gasteiger partial charge in [0.2, 0.25) is 5.91 Å². The maximum absolute atomic E-state index is 11.0. The van der Waals surface area contributed by atoms with Gasteiger partial charge in [-0.05, 0) is 30.7 Å². The molecule has 1 aromatic rings. The molecule has 0 bridgehead atoms. The number of methoxy groups -OCH3 is 1. The van der Waals surface area contributed by atoms with Crippen LogP contribution in [0, 0.1) is 0 Å². The molecule has 1 rings (SSSR count). The SMILES string of the molecule is CCC(=CCOc1ccc(C(N)=O)cc1OC)C(=O)O. The molecule has 0 fully saturated rings. The number of hydrogen-bond donors (Lipinski definition) is 2. The minimum absolute atomic E-state index is 0.0990. The molecule has 0 unspecified atom stereocenters. The molecular formula is C14H17NO5. The zero-order chi connectivity index (χ0) is 15.1. The van der Waals surface area contributed by atoms with Crippen LogP contribution in [0.1, 0.15) is 23.7 Å². The van der Waals surface area contributed by atoms with Crippen LogP contribution in [0.3, 0.4) is 0 Å². The molecule has 0 heterocycles. The molecule has 0 aliphatic rings. The molecule has 0 saturated carbocycles. The van der Waals surface area contributed by atoms with E-state index in [0.717, 1.165) is 0 Å². The van der Waals surface area contributed by atoms with E-state index in [1.807, 2.05) is 0 Å². The minimum atomic E-state index is -0.966. The predicted molar refractivity (Wildman–Crippen MR) is 73.0 cm³/mol. The Morgan fingerprint density at radius 3 is 2.55 bits per heavy atom. The summed E-state index contributed by atoms with van der Waals surface area (Å²) in [6.45, 7) is 1.85. The monoisotopic (exact) mass is 279 g/mol. The second-order valence-electron chi connectivity index (χ2n) is 3.93. The maximum Gasteiger partial charge on any atom is 0.331 e. The van der Waals surface area contributed by atoms with E-state index in [2.05, 4.69) is 0 Å². The van der Waals surface area contributed by atoms with Crippen LogP contribution in [0.5, 0.6) is 11.5 Å². The van der Waals surface area contributed by atoms with E-state index >= 15 is 0 Å².